The molecule has 0 amide bonds. The van der Waals surface area contributed by atoms with Crippen molar-refractivity contribution in [2.45, 2.75) is 38.6 Å². The topological polar surface area (TPSA) is 26.0 Å². The van der Waals surface area contributed by atoms with E-state index in [9.17, 15) is 0 Å². The van der Waals surface area contributed by atoms with Crippen LogP contribution >= 0.6 is 31.9 Å². The molecule has 2 rings (SSSR count). The summed E-state index contributed by atoms with van der Waals surface area (Å²) in [7, 11) is 0. The summed E-state index contributed by atoms with van der Waals surface area (Å²) >= 11 is 7.13. The van der Waals surface area contributed by atoms with Gasteiger partial charge in [0, 0.05) is 15.0 Å². The minimum Gasteiger partial charge on any atom is -0.324 e. The quantitative estimate of drug-likeness (QED) is 0.785. The van der Waals surface area contributed by atoms with Crippen molar-refractivity contribution in [1.29, 1.82) is 0 Å². The number of nitrogens with two attached hydrogens (primary N) is 1. The van der Waals surface area contributed by atoms with E-state index < -0.39 is 0 Å². The van der Waals surface area contributed by atoms with E-state index in [1.54, 1.807) is 0 Å². The van der Waals surface area contributed by atoms with Crippen LogP contribution in [0, 0.1) is 11.8 Å². The molecule has 0 saturated heterocycles. The lowest BCUT2D eigenvalue weighted by molar-refractivity contribution is 0.255. The standard InChI is InChI=1S/C14H19Br2N/c1-9-2-4-10(5-3-9)14(17)12-8-11(15)6-7-13(12)16/h6-10,14H,2-5,17H2,1H3. The molecule has 1 aromatic carbocycles. The maximum atomic E-state index is 6.43. The van der Waals surface area contributed by atoms with Crippen LogP contribution in [0.2, 0.25) is 0 Å². The van der Waals surface area contributed by atoms with Gasteiger partial charge in [-0.1, -0.05) is 51.6 Å². The number of rotatable bonds is 2. The lowest BCUT2D eigenvalue weighted by atomic mass is 9.78. The third-order valence-corrected chi connectivity index (χ3v) is 5.10. The van der Waals surface area contributed by atoms with Gasteiger partial charge in [0.15, 0.2) is 0 Å². The highest BCUT2D eigenvalue weighted by atomic mass is 79.9. The Hall–Kier alpha value is 0.140. The highest BCUT2D eigenvalue weighted by Crippen LogP contribution is 2.38. The summed E-state index contributed by atoms with van der Waals surface area (Å²) in [5.41, 5.74) is 7.67. The fraction of sp³-hybridized carbons (Fsp3) is 0.571. The molecule has 1 saturated carbocycles. The SMILES string of the molecule is CC1CCC(C(N)c2cc(Br)ccc2Br)CC1. The lowest BCUT2D eigenvalue weighted by Gasteiger charge is -2.31. The molecule has 0 radical (unpaired) electrons. The van der Waals surface area contributed by atoms with Gasteiger partial charge in [-0.3, -0.25) is 0 Å². The Morgan fingerprint density at radius 3 is 2.47 bits per heavy atom. The van der Waals surface area contributed by atoms with E-state index in [-0.39, 0.29) is 6.04 Å². The zero-order valence-electron chi connectivity index (χ0n) is 10.1. The zero-order valence-corrected chi connectivity index (χ0v) is 13.3. The van der Waals surface area contributed by atoms with Crippen molar-refractivity contribution in [2.24, 2.45) is 17.6 Å². The second kappa shape index (κ2) is 5.85. The Balaban J connectivity index is 2.13. The molecule has 1 aliphatic rings. The first-order chi connectivity index (χ1) is 8.08. The summed E-state index contributed by atoms with van der Waals surface area (Å²) in [4.78, 5) is 0. The van der Waals surface area contributed by atoms with Gasteiger partial charge < -0.3 is 5.73 Å². The molecule has 94 valence electrons. The third kappa shape index (κ3) is 3.33. The number of hydrogen-bond donors (Lipinski definition) is 1. The van der Waals surface area contributed by atoms with E-state index in [0.29, 0.717) is 5.92 Å². The first-order valence-corrected chi connectivity index (χ1v) is 7.87. The van der Waals surface area contributed by atoms with Crippen LogP contribution in [0.15, 0.2) is 27.1 Å². The minimum atomic E-state index is 0.161. The molecule has 3 heteroatoms. The predicted molar refractivity (Wildman–Crippen MR) is 79.9 cm³/mol. The van der Waals surface area contributed by atoms with Crippen LogP contribution in [-0.4, -0.2) is 0 Å². The van der Waals surface area contributed by atoms with Gasteiger partial charge in [-0.2, -0.15) is 0 Å². The summed E-state index contributed by atoms with van der Waals surface area (Å²) in [6.07, 6.45) is 5.18. The van der Waals surface area contributed by atoms with Gasteiger partial charge >= 0.3 is 0 Å². The molecular weight excluding hydrogens is 342 g/mol. The molecule has 0 spiro atoms. The van der Waals surface area contributed by atoms with Crippen LogP contribution in [0.3, 0.4) is 0 Å². The largest absolute Gasteiger partial charge is 0.324 e. The fourth-order valence-electron chi connectivity index (χ4n) is 2.67. The first-order valence-electron chi connectivity index (χ1n) is 6.28. The number of benzene rings is 1. The third-order valence-electron chi connectivity index (χ3n) is 3.89. The Morgan fingerprint density at radius 2 is 1.82 bits per heavy atom. The average molecular weight is 361 g/mol. The predicted octanol–water partition coefficient (Wildman–Crippen LogP) is 5.04. The molecule has 0 aromatic heterocycles. The lowest BCUT2D eigenvalue weighted by Crippen LogP contribution is -2.25. The molecule has 1 aliphatic carbocycles. The van der Waals surface area contributed by atoms with Crippen molar-refractivity contribution in [3.63, 3.8) is 0 Å². The van der Waals surface area contributed by atoms with Gasteiger partial charge in [0.2, 0.25) is 0 Å². The van der Waals surface area contributed by atoms with Crippen molar-refractivity contribution in [2.75, 3.05) is 0 Å². The van der Waals surface area contributed by atoms with E-state index >= 15 is 0 Å². The fourth-order valence-corrected chi connectivity index (χ4v) is 3.56. The van der Waals surface area contributed by atoms with Gasteiger partial charge in [-0.25, -0.2) is 0 Å². The Kier molecular flexibility index (Phi) is 4.67. The second-order valence-corrected chi connectivity index (χ2v) is 6.98. The van der Waals surface area contributed by atoms with Gasteiger partial charge in [0.05, 0.1) is 0 Å². The molecule has 1 atom stereocenters. The summed E-state index contributed by atoms with van der Waals surface area (Å²) < 4.78 is 2.24. The molecule has 0 bridgehead atoms. The zero-order chi connectivity index (χ0) is 12.4. The molecule has 1 aromatic rings. The highest BCUT2D eigenvalue weighted by Gasteiger charge is 2.25. The maximum absolute atomic E-state index is 6.43. The van der Waals surface area contributed by atoms with E-state index in [1.165, 1.54) is 31.2 Å². The smallest absolute Gasteiger partial charge is 0.0335 e. The van der Waals surface area contributed by atoms with Gasteiger partial charge in [-0.15, -0.1) is 0 Å². The number of hydrogen-bond acceptors (Lipinski definition) is 1. The molecule has 1 unspecified atom stereocenters. The summed E-state index contributed by atoms with van der Waals surface area (Å²) in [6.45, 7) is 2.34. The highest BCUT2D eigenvalue weighted by molar-refractivity contribution is 9.11. The van der Waals surface area contributed by atoms with Gasteiger partial charge in [-0.05, 0) is 48.4 Å². The van der Waals surface area contributed by atoms with Crippen molar-refractivity contribution in [3.05, 3.63) is 32.7 Å². The molecule has 17 heavy (non-hydrogen) atoms. The normalized spacial score (nSPS) is 26.8. The molecule has 1 nitrogen and oxygen atoms in total. The summed E-state index contributed by atoms with van der Waals surface area (Å²) in [5.74, 6) is 1.52. The van der Waals surface area contributed by atoms with E-state index in [2.05, 4.69) is 50.9 Å². The first kappa shape index (κ1) is 13.6. The molecule has 0 heterocycles. The van der Waals surface area contributed by atoms with Gasteiger partial charge in [0.25, 0.3) is 0 Å². The Morgan fingerprint density at radius 1 is 1.18 bits per heavy atom. The average Bonchev–Trinajstić information content (AvgIpc) is 2.32. The maximum Gasteiger partial charge on any atom is 0.0335 e. The molecule has 2 N–H and O–H groups in total. The van der Waals surface area contributed by atoms with E-state index in [0.717, 1.165) is 14.9 Å². The van der Waals surface area contributed by atoms with Crippen LogP contribution in [-0.2, 0) is 0 Å². The van der Waals surface area contributed by atoms with Crippen molar-refractivity contribution in [1.82, 2.24) is 0 Å². The number of halogens is 2. The monoisotopic (exact) mass is 359 g/mol. The van der Waals surface area contributed by atoms with Crippen molar-refractivity contribution < 1.29 is 0 Å². The van der Waals surface area contributed by atoms with Crippen LogP contribution in [0.1, 0.15) is 44.2 Å². The summed E-state index contributed by atoms with van der Waals surface area (Å²) in [5, 5.41) is 0. The Labute approximate surface area is 120 Å². The molecular formula is C14H19Br2N. The summed E-state index contributed by atoms with van der Waals surface area (Å²) in [6, 6.07) is 6.43. The van der Waals surface area contributed by atoms with E-state index in [4.69, 9.17) is 5.73 Å². The van der Waals surface area contributed by atoms with E-state index in [1.807, 2.05) is 6.07 Å². The van der Waals surface area contributed by atoms with Crippen molar-refractivity contribution in [3.8, 4) is 0 Å². The molecule has 1 fully saturated rings. The Bertz CT molecular complexity index is 384. The van der Waals surface area contributed by atoms with Crippen molar-refractivity contribution >= 4 is 31.9 Å². The van der Waals surface area contributed by atoms with Crippen LogP contribution in [0.5, 0.6) is 0 Å². The van der Waals surface area contributed by atoms with Crippen LogP contribution in [0.25, 0.3) is 0 Å². The molecule has 0 aliphatic heterocycles. The van der Waals surface area contributed by atoms with Crippen LogP contribution in [0.4, 0.5) is 0 Å². The minimum absolute atomic E-state index is 0.161. The second-order valence-electron chi connectivity index (χ2n) is 5.21. The van der Waals surface area contributed by atoms with Gasteiger partial charge in [0.1, 0.15) is 0 Å². The van der Waals surface area contributed by atoms with Crippen LogP contribution < -0.4 is 5.73 Å².